The van der Waals surface area contributed by atoms with E-state index in [1.165, 1.54) is 64.2 Å². The first-order valence-electron chi connectivity index (χ1n) is 9.09. The molecule has 1 aliphatic heterocycles. The molecule has 1 N–H and O–H groups in total. The minimum Gasteiger partial charge on any atom is -0.481 e. The molecule has 0 radical (unpaired) electrons. The number of unbranched alkanes of at least 4 members (excludes halogenated alkanes) is 6. The van der Waals surface area contributed by atoms with Crippen LogP contribution in [0.5, 0.6) is 0 Å². The summed E-state index contributed by atoms with van der Waals surface area (Å²) < 4.78 is 6.14. The zero-order valence-corrected chi connectivity index (χ0v) is 13.8. The highest BCUT2D eigenvalue weighted by Gasteiger charge is 2.20. The Balaban J connectivity index is 2.10. The van der Waals surface area contributed by atoms with Crippen LogP contribution in [0.3, 0.4) is 0 Å². The third-order valence-electron chi connectivity index (χ3n) is 4.50. The van der Waals surface area contributed by atoms with Crippen LogP contribution in [0, 0.1) is 0 Å². The largest absolute Gasteiger partial charge is 0.481 e. The topological polar surface area (TPSA) is 46.5 Å². The quantitative estimate of drug-likeness (QED) is 0.525. The number of carboxylic acids is 1. The maximum absolute atomic E-state index is 10.7. The summed E-state index contributed by atoms with van der Waals surface area (Å²) in [7, 11) is 0. The summed E-state index contributed by atoms with van der Waals surface area (Å²) in [5, 5.41) is 8.79. The van der Waals surface area contributed by atoms with Gasteiger partial charge in [-0.3, -0.25) is 4.79 Å². The van der Waals surface area contributed by atoms with Gasteiger partial charge >= 0.3 is 5.97 Å². The molecule has 0 aliphatic carbocycles. The number of carboxylic acid groups (broad SMARTS) is 1. The minimum absolute atomic E-state index is 0.179. The van der Waals surface area contributed by atoms with Crippen LogP contribution in [0.15, 0.2) is 0 Å². The average molecular weight is 298 g/mol. The highest BCUT2D eigenvalue weighted by molar-refractivity contribution is 5.66. The first kappa shape index (κ1) is 18.5. The number of hydrogen-bond donors (Lipinski definition) is 1. The lowest BCUT2D eigenvalue weighted by molar-refractivity contribution is -0.138. The van der Waals surface area contributed by atoms with E-state index in [-0.39, 0.29) is 12.5 Å². The van der Waals surface area contributed by atoms with Crippen molar-refractivity contribution in [3.05, 3.63) is 0 Å². The van der Waals surface area contributed by atoms with Gasteiger partial charge in [0.25, 0.3) is 0 Å². The maximum Gasteiger partial charge on any atom is 0.303 e. The lowest BCUT2D eigenvalue weighted by atomic mass is 10.0. The first-order chi connectivity index (χ1) is 10.2. The fourth-order valence-electron chi connectivity index (χ4n) is 3.19. The Morgan fingerprint density at radius 3 is 2.14 bits per heavy atom. The number of hydrogen-bond acceptors (Lipinski definition) is 2. The highest BCUT2D eigenvalue weighted by Crippen LogP contribution is 2.24. The van der Waals surface area contributed by atoms with Crippen molar-refractivity contribution in [3.63, 3.8) is 0 Å². The number of rotatable bonds is 11. The van der Waals surface area contributed by atoms with Gasteiger partial charge in [0.05, 0.1) is 12.2 Å². The van der Waals surface area contributed by atoms with Crippen LogP contribution in [-0.4, -0.2) is 23.3 Å². The van der Waals surface area contributed by atoms with Gasteiger partial charge < -0.3 is 9.84 Å². The van der Waals surface area contributed by atoms with Crippen molar-refractivity contribution in [3.8, 4) is 0 Å². The molecule has 1 aliphatic rings. The van der Waals surface area contributed by atoms with Gasteiger partial charge in [-0.2, -0.15) is 0 Å². The second-order valence-corrected chi connectivity index (χ2v) is 6.51. The summed E-state index contributed by atoms with van der Waals surface area (Å²) in [6.07, 6.45) is 16.7. The lowest BCUT2D eigenvalue weighted by Crippen LogP contribution is -2.20. The van der Waals surface area contributed by atoms with Crippen molar-refractivity contribution in [1.82, 2.24) is 0 Å². The molecule has 1 fully saturated rings. The SMILES string of the molecule is CCCCCCCCCC1CCCCC(CCC(=O)O)O1. The van der Waals surface area contributed by atoms with Gasteiger partial charge in [-0.1, -0.05) is 64.7 Å². The Morgan fingerprint density at radius 2 is 1.52 bits per heavy atom. The molecule has 1 rings (SSSR count). The molecule has 1 heterocycles. The van der Waals surface area contributed by atoms with Crippen LogP contribution >= 0.6 is 0 Å². The molecule has 124 valence electrons. The number of carbonyl (C=O) groups is 1. The van der Waals surface area contributed by atoms with Crippen LogP contribution in [0.1, 0.15) is 96.8 Å². The van der Waals surface area contributed by atoms with Crippen molar-refractivity contribution in [2.24, 2.45) is 0 Å². The van der Waals surface area contributed by atoms with E-state index in [2.05, 4.69) is 6.92 Å². The van der Waals surface area contributed by atoms with Crippen molar-refractivity contribution in [2.75, 3.05) is 0 Å². The van der Waals surface area contributed by atoms with E-state index >= 15 is 0 Å². The third kappa shape index (κ3) is 9.89. The van der Waals surface area contributed by atoms with Gasteiger partial charge in [-0.25, -0.2) is 0 Å². The molecule has 2 unspecified atom stereocenters. The van der Waals surface area contributed by atoms with Gasteiger partial charge in [0.1, 0.15) is 0 Å². The average Bonchev–Trinajstić information content (AvgIpc) is 2.69. The molecule has 0 aromatic heterocycles. The van der Waals surface area contributed by atoms with Crippen LogP contribution in [0.25, 0.3) is 0 Å². The molecule has 3 nitrogen and oxygen atoms in total. The van der Waals surface area contributed by atoms with Crippen LogP contribution in [0.4, 0.5) is 0 Å². The summed E-state index contributed by atoms with van der Waals surface area (Å²) in [6.45, 7) is 2.25. The normalized spacial score (nSPS) is 22.9. The Morgan fingerprint density at radius 1 is 0.952 bits per heavy atom. The summed E-state index contributed by atoms with van der Waals surface area (Å²) in [5.41, 5.74) is 0. The molecule has 0 spiro atoms. The predicted octanol–water partition coefficient (Wildman–Crippen LogP) is 5.32. The Bertz CT molecular complexity index is 265. The summed E-state index contributed by atoms with van der Waals surface area (Å²) in [5.74, 6) is -0.702. The second-order valence-electron chi connectivity index (χ2n) is 6.51. The van der Waals surface area contributed by atoms with E-state index in [0.717, 1.165) is 12.8 Å². The van der Waals surface area contributed by atoms with E-state index < -0.39 is 5.97 Å². The Hall–Kier alpha value is -0.570. The molecular weight excluding hydrogens is 264 g/mol. The van der Waals surface area contributed by atoms with E-state index in [4.69, 9.17) is 9.84 Å². The van der Waals surface area contributed by atoms with Gasteiger partial charge in [0.2, 0.25) is 0 Å². The van der Waals surface area contributed by atoms with E-state index in [0.29, 0.717) is 12.5 Å². The van der Waals surface area contributed by atoms with E-state index in [1.54, 1.807) is 0 Å². The van der Waals surface area contributed by atoms with Crippen molar-refractivity contribution >= 4 is 5.97 Å². The van der Waals surface area contributed by atoms with Gasteiger partial charge in [0.15, 0.2) is 0 Å². The second kappa shape index (κ2) is 12.0. The van der Waals surface area contributed by atoms with Crippen LogP contribution < -0.4 is 0 Å². The summed E-state index contributed by atoms with van der Waals surface area (Å²) in [6, 6.07) is 0. The zero-order valence-electron chi connectivity index (χ0n) is 13.8. The molecule has 21 heavy (non-hydrogen) atoms. The Labute approximate surface area is 130 Å². The first-order valence-corrected chi connectivity index (χ1v) is 9.09. The maximum atomic E-state index is 10.7. The van der Waals surface area contributed by atoms with Gasteiger partial charge in [0, 0.05) is 6.42 Å². The van der Waals surface area contributed by atoms with E-state index in [1.807, 2.05) is 0 Å². The van der Waals surface area contributed by atoms with Gasteiger partial charge in [-0.05, 0) is 25.7 Å². The van der Waals surface area contributed by atoms with Crippen molar-refractivity contribution in [1.29, 1.82) is 0 Å². The molecule has 0 aromatic carbocycles. The third-order valence-corrected chi connectivity index (χ3v) is 4.50. The Kier molecular flexibility index (Phi) is 10.6. The molecule has 1 saturated heterocycles. The molecule has 3 heteroatoms. The monoisotopic (exact) mass is 298 g/mol. The van der Waals surface area contributed by atoms with Crippen molar-refractivity contribution < 1.29 is 14.6 Å². The standard InChI is InChI=1S/C18H34O3/c1-2-3-4-5-6-7-8-11-16-12-9-10-13-17(21-16)14-15-18(19)20/h16-17H,2-15H2,1H3,(H,19,20). The number of ether oxygens (including phenoxy) is 1. The van der Waals surface area contributed by atoms with E-state index in [9.17, 15) is 4.79 Å². The fourth-order valence-corrected chi connectivity index (χ4v) is 3.19. The predicted molar refractivity (Wildman–Crippen MR) is 86.6 cm³/mol. The molecule has 2 atom stereocenters. The zero-order chi connectivity index (χ0) is 15.3. The van der Waals surface area contributed by atoms with Crippen LogP contribution in [-0.2, 0) is 9.53 Å². The summed E-state index contributed by atoms with van der Waals surface area (Å²) >= 11 is 0. The smallest absolute Gasteiger partial charge is 0.303 e. The molecular formula is C18H34O3. The molecule has 0 bridgehead atoms. The summed E-state index contributed by atoms with van der Waals surface area (Å²) in [4.78, 5) is 10.7. The van der Waals surface area contributed by atoms with Crippen molar-refractivity contribution in [2.45, 2.75) is 109 Å². The van der Waals surface area contributed by atoms with Gasteiger partial charge in [-0.15, -0.1) is 0 Å². The molecule has 0 aromatic rings. The number of aliphatic carboxylic acids is 1. The minimum atomic E-state index is -0.702. The fraction of sp³-hybridized carbons (Fsp3) is 0.944. The highest BCUT2D eigenvalue weighted by atomic mass is 16.5. The van der Waals surface area contributed by atoms with Crippen LogP contribution in [0.2, 0.25) is 0 Å². The lowest BCUT2D eigenvalue weighted by Gasteiger charge is -2.21. The molecule has 0 saturated carbocycles. The molecule has 0 amide bonds.